The van der Waals surface area contributed by atoms with Crippen LogP contribution in [-0.2, 0) is 0 Å². The lowest BCUT2D eigenvalue weighted by Gasteiger charge is -2.33. The number of anilines is 1. The van der Waals surface area contributed by atoms with E-state index in [4.69, 9.17) is 11.6 Å². The predicted octanol–water partition coefficient (Wildman–Crippen LogP) is 1.57. The summed E-state index contributed by atoms with van der Waals surface area (Å²) < 4.78 is 0. The molecular weight excluding hydrogens is 224 g/mol. The smallest absolute Gasteiger partial charge is 0.151 e. The lowest BCUT2D eigenvalue weighted by molar-refractivity contribution is 0.400. The van der Waals surface area contributed by atoms with Crippen LogP contribution in [-0.4, -0.2) is 36.9 Å². The van der Waals surface area contributed by atoms with Crippen molar-refractivity contribution in [1.82, 2.24) is 15.5 Å². The molecule has 1 N–H and O–H groups in total. The van der Waals surface area contributed by atoms with Gasteiger partial charge in [-0.2, -0.15) is 0 Å². The molecule has 16 heavy (non-hydrogen) atoms. The third kappa shape index (κ3) is 2.83. The van der Waals surface area contributed by atoms with Crippen molar-refractivity contribution in [3.05, 3.63) is 17.3 Å². The molecule has 0 aromatic carbocycles. The van der Waals surface area contributed by atoms with Crippen LogP contribution in [0.4, 0.5) is 5.82 Å². The second-order valence-electron chi connectivity index (χ2n) is 4.23. The number of hydrogen-bond acceptors (Lipinski definition) is 4. The maximum Gasteiger partial charge on any atom is 0.151 e. The SMILES string of the molecule is CNC[C@H]1CCCN(c2ccc(Cl)nn2)C1. The predicted molar refractivity (Wildman–Crippen MR) is 65.9 cm³/mol. The minimum Gasteiger partial charge on any atom is -0.355 e. The van der Waals surface area contributed by atoms with Crippen LogP contribution in [0.1, 0.15) is 12.8 Å². The van der Waals surface area contributed by atoms with Crippen LogP contribution in [0.25, 0.3) is 0 Å². The maximum atomic E-state index is 5.73. The van der Waals surface area contributed by atoms with Gasteiger partial charge in [0.1, 0.15) is 0 Å². The van der Waals surface area contributed by atoms with Gasteiger partial charge in [-0.05, 0) is 44.5 Å². The van der Waals surface area contributed by atoms with Gasteiger partial charge >= 0.3 is 0 Å². The first-order chi connectivity index (χ1) is 7.79. The molecule has 1 saturated heterocycles. The van der Waals surface area contributed by atoms with Crippen LogP contribution in [0, 0.1) is 5.92 Å². The molecule has 2 heterocycles. The lowest BCUT2D eigenvalue weighted by atomic mass is 9.98. The Bertz CT molecular complexity index is 325. The molecule has 0 amide bonds. The van der Waals surface area contributed by atoms with Crippen molar-refractivity contribution in [2.75, 3.05) is 31.6 Å². The normalized spacial score (nSPS) is 21.1. The fourth-order valence-corrected chi connectivity index (χ4v) is 2.31. The quantitative estimate of drug-likeness (QED) is 0.871. The van der Waals surface area contributed by atoms with Crippen LogP contribution in [0.15, 0.2) is 12.1 Å². The molecule has 1 fully saturated rings. The van der Waals surface area contributed by atoms with Gasteiger partial charge in [0.2, 0.25) is 0 Å². The van der Waals surface area contributed by atoms with Crippen molar-refractivity contribution in [1.29, 1.82) is 0 Å². The molecule has 4 nitrogen and oxygen atoms in total. The van der Waals surface area contributed by atoms with E-state index < -0.39 is 0 Å². The third-order valence-electron chi connectivity index (χ3n) is 2.95. The minimum absolute atomic E-state index is 0.451. The van der Waals surface area contributed by atoms with Gasteiger partial charge in [-0.25, -0.2) is 0 Å². The van der Waals surface area contributed by atoms with Gasteiger partial charge in [0, 0.05) is 13.1 Å². The molecule has 1 atom stereocenters. The maximum absolute atomic E-state index is 5.73. The van der Waals surface area contributed by atoms with Gasteiger partial charge < -0.3 is 10.2 Å². The zero-order chi connectivity index (χ0) is 11.4. The third-order valence-corrected chi connectivity index (χ3v) is 3.16. The molecule has 2 rings (SSSR count). The van der Waals surface area contributed by atoms with E-state index >= 15 is 0 Å². The highest BCUT2D eigenvalue weighted by molar-refractivity contribution is 6.29. The summed E-state index contributed by atoms with van der Waals surface area (Å²) in [5, 5.41) is 11.7. The summed E-state index contributed by atoms with van der Waals surface area (Å²) in [5.41, 5.74) is 0. The number of aromatic nitrogens is 2. The van der Waals surface area contributed by atoms with Gasteiger partial charge in [0.15, 0.2) is 11.0 Å². The molecule has 0 aliphatic carbocycles. The zero-order valence-electron chi connectivity index (χ0n) is 9.49. The molecule has 0 bridgehead atoms. The average molecular weight is 241 g/mol. The van der Waals surface area contributed by atoms with Crippen molar-refractivity contribution in [3.63, 3.8) is 0 Å². The van der Waals surface area contributed by atoms with Crippen molar-refractivity contribution >= 4 is 17.4 Å². The number of nitrogens with one attached hydrogen (secondary N) is 1. The average Bonchev–Trinajstić information content (AvgIpc) is 2.31. The lowest BCUT2D eigenvalue weighted by Crippen LogP contribution is -2.39. The number of piperidine rings is 1. The molecule has 0 unspecified atom stereocenters. The Morgan fingerprint density at radius 3 is 3.06 bits per heavy atom. The first-order valence-corrected chi connectivity index (χ1v) is 6.06. The first kappa shape index (κ1) is 11.6. The highest BCUT2D eigenvalue weighted by Gasteiger charge is 2.20. The van der Waals surface area contributed by atoms with E-state index in [1.54, 1.807) is 6.07 Å². The summed E-state index contributed by atoms with van der Waals surface area (Å²) in [6.07, 6.45) is 2.51. The van der Waals surface area contributed by atoms with E-state index in [1.807, 2.05) is 13.1 Å². The van der Waals surface area contributed by atoms with Gasteiger partial charge in [-0.1, -0.05) is 11.6 Å². The summed E-state index contributed by atoms with van der Waals surface area (Å²) in [4.78, 5) is 2.29. The Balaban J connectivity index is 2.01. The summed E-state index contributed by atoms with van der Waals surface area (Å²) in [5.74, 6) is 1.64. The number of rotatable bonds is 3. The van der Waals surface area contributed by atoms with Crippen LogP contribution >= 0.6 is 11.6 Å². The van der Waals surface area contributed by atoms with E-state index in [-0.39, 0.29) is 0 Å². The molecular formula is C11H17ClN4. The van der Waals surface area contributed by atoms with Gasteiger partial charge in [-0.3, -0.25) is 0 Å². The van der Waals surface area contributed by atoms with Crippen molar-refractivity contribution in [2.24, 2.45) is 5.92 Å². The molecule has 5 heteroatoms. The number of halogens is 1. The van der Waals surface area contributed by atoms with Gasteiger partial charge in [0.25, 0.3) is 0 Å². The summed E-state index contributed by atoms with van der Waals surface area (Å²) in [6.45, 7) is 3.19. The Morgan fingerprint density at radius 2 is 2.38 bits per heavy atom. The van der Waals surface area contributed by atoms with Crippen LogP contribution in [0.3, 0.4) is 0 Å². The number of hydrogen-bond donors (Lipinski definition) is 1. The fourth-order valence-electron chi connectivity index (χ4n) is 2.21. The fraction of sp³-hybridized carbons (Fsp3) is 0.636. The topological polar surface area (TPSA) is 41.0 Å². The van der Waals surface area contributed by atoms with Gasteiger partial charge in [0.05, 0.1) is 0 Å². The molecule has 0 spiro atoms. The zero-order valence-corrected chi connectivity index (χ0v) is 10.2. The second kappa shape index (κ2) is 5.46. The molecule has 0 radical (unpaired) electrons. The Hall–Kier alpha value is -0.870. The monoisotopic (exact) mass is 240 g/mol. The highest BCUT2D eigenvalue weighted by atomic mass is 35.5. The molecule has 88 valence electrons. The second-order valence-corrected chi connectivity index (χ2v) is 4.61. The van der Waals surface area contributed by atoms with E-state index in [0.29, 0.717) is 11.1 Å². The molecule has 1 aliphatic rings. The van der Waals surface area contributed by atoms with E-state index in [0.717, 1.165) is 25.5 Å². The van der Waals surface area contributed by atoms with Crippen molar-refractivity contribution in [2.45, 2.75) is 12.8 Å². The van der Waals surface area contributed by atoms with Crippen LogP contribution in [0.2, 0.25) is 5.15 Å². The summed E-state index contributed by atoms with van der Waals surface area (Å²) in [6, 6.07) is 3.74. The highest BCUT2D eigenvalue weighted by Crippen LogP contribution is 2.21. The molecule has 0 saturated carbocycles. The standard InChI is InChI=1S/C11H17ClN4/c1-13-7-9-3-2-6-16(8-9)11-5-4-10(12)14-15-11/h4-5,9,13H,2-3,6-8H2,1H3/t9-/m1/s1. The van der Waals surface area contributed by atoms with Crippen molar-refractivity contribution in [3.8, 4) is 0 Å². The molecule has 1 aromatic rings. The van der Waals surface area contributed by atoms with Gasteiger partial charge in [-0.15, -0.1) is 10.2 Å². The summed E-state index contributed by atoms with van der Waals surface area (Å²) >= 11 is 5.73. The molecule has 1 aromatic heterocycles. The summed E-state index contributed by atoms with van der Waals surface area (Å²) in [7, 11) is 2.00. The first-order valence-electron chi connectivity index (χ1n) is 5.68. The molecule has 1 aliphatic heterocycles. The van der Waals surface area contributed by atoms with Crippen LogP contribution in [0.5, 0.6) is 0 Å². The minimum atomic E-state index is 0.451. The van der Waals surface area contributed by atoms with E-state index in [2.05, 4.69) is 20.4 Å². The Kier molecular flexibility index (Phi) is 3.96. The Morgan fingerprint density at radius 1 is 1.50 bits per heavy atom. The largest absolute Gasteiger partial charge is 0.355 e. The van der Waals surface area contributed by atoms with Crippen LogP contribution < -0.4 is 10.2 Å². The van der Waals surface area contributed by atoms with Crippen molar-refractivity contribution < 1.29 is 0 Å². The number of nitrogens with zero attached hydrogens (tertiary/aromatic N) is 3. The Labute approximate surface area is 101 Å². The van der Waals surface area contributed by atoms with E-state index in [1.165, 1.54) is 12.8 Å². The van der Waals surface area contributed by atoms with E-state index in [9.17, 15) is 0 Å².